The first-order valence-electron chi connectivity index (χ1n) is 5.41. The zero-order valence-corrected chi connectivity index (χ0v) is 8.63. The lowest BCUT2D eigenvalue weighted by Crippen LogP contribution is -2.39. The van der Waals surface area contributed by atoms with Crippen LogP contribution >= 0.6 is 0 Å². The maximum atomic E-state index is 9.62. The molecule has 1 aliphatic rings. The highest BCUT2D eigenvalue weighted by molar-refractivity contribution is 5.14. The fraction of sp³-hybridized carbons (Fsp3) is 0.500. The molecular formula is C12H17NO2. The highest BCUT2D eigenvalue weighted by Crippen LogP contribution is 2.19. The second-order valence-electron chi connectivity index (χ2n) is 4.11. The van der Waals surface area contributed by atoms with Crippen molar-refractivity contribution < 1.29 is 10.2 Å². The van der Waals surface area contributed by atoms with E-state index in [1.54, 1.807) is 0 Å². The van der Waals surface area contributed by atoms with Gasteiger partial charge in [-0.05, 0) is 18.4 Å². The Morgan fingerprint density at radius 1 is 1.13 bits per heavy atom. The summed E-state index contributed by atoms with van der Waals surface area (Å²) in [5.74, 6) is 0. The molecule has 1 aromatic rings. The largest absolute Gasteiger partial charge is 0.390 e. The van der Waals surface area contributed by atoms with E-state index in [1.165, 1.54) is 5.56 Å². The van der Waals surface area contributed by atoms with Gasteiger partial charge in [0, 0.05) is 12.6 Å². The molecule has 3 N–H and O–H groups in total. The molecule has 0 spiro atoms. The molecule has 0 unspecified atom stereocenters. The van der Waals surface area contributed by atoms with Crippen LogP contribution in [0, 0.1) is 0 Å². The first kappa shape index (κ1) is 10.6. The van der Waals surface area contributed by atoms with Gasteiger partial charge in [0.05, 0.1) is 12.2 Å². The van der Waals surface area contributed by atoms with Gasteiger partial charge >= 0.3 is 0 Å². The molecule has 0 saturated heterocycles. The lowest BCUT2D eigenvalue weighted by Gasteiger charge is -2.17. The summed E-state index contributed by atoms with van der Waals surface area (Å²) in [7, 11) is 0. The van der Waals surface area contributed by atoms with Crippen LogP contribution in [0.3, 0.4) is 0 Å². The van der Waals surface area contributed by atoms with Crippen molar-refractivity contribution >= 4 is 0 Å². The van der Waals surface area contributed by atoms with Gasteiger partial charge in [-0.25, -0.2) is 0 Å². The smallest absolute Gasteiger partial charge is 0.0951 e. The van der Waals surface area contributed by atoms with Crippen molar-refractivity contribution in [2.45, 2.75) is 37.6 Å². The van der Waals surface area contributed by atoms with E-state index in [1.807, 2.05) is 30.3 Å². The summed E-state index contributed by atoms with van der Waals surface area (Å²) < 4.78 is 0. The van der Waals surface area contributed by atoms with Gasteiger partial charge in [-0.1, -0.05) is 30.3 Å². The van der Waals surface area contributed by atoms with E-state index in [-0.39, 0.29) is 6.04 Å². The lowest BCUT2D eigenvalue weighted by molar-refractivity contribution is 0.0299. The lowest BCUT2D eigenvalue weighted by atomic mass is 10.1. The second kappa shape index (κ2) is 4.75. The minimum Gasteiger partial charge on any atom is -0.390 e. The molecule has 3 atom stereocenters. The predicted octanol–water partition coefficient (Wildman–Crippen LogP) is 0.660. The molecular weight excluding hydrogens is 190 g/mol. The van der Waals surface area contributed by atoms with Crippen molar-refractivity contribution in [3.63, 3.8) is 0 Å². The Balaban J connectivity index is 1.84. The van der Waals surface area contributed by atoms with Crippen molar-refractivity contribution in [3.8, 4) is 0 Å². The van der Waals surface area contributed by atoms with Crippen LogP contribution in [0.4, 0.5) is 0 Å². The first-order chi connectivity index (χ1) is 7.27. The van der Waals surface area contributed by atoms with Crippen molar-refractivity contribution in [1.29, 1.82) is 0 Å². The summed E-state index contributed by atoms with van der Waals surface area (Å²) in [4.78, 5) is 0. The van der Waals surface area contributed by atoms with Crippen LogP contribution in [-0.2, 0) is 6.54 Å². The van der Waals surface area contributed by atoms with Crippen LogP contribution in [0.15, 0.2) is 30.3 Å². The Labute approximate surface area is 89.8 Å². The number of aliphatic hydroxyl groups is 2. The average molecular weight is 207 g/mol. The number of benzene rings is 1. The van der Waals surface area contributed by atoms with Gasteiger partial charge in [0.1, 0.15) is 0 Å². The maximum absolute atomic E-state index is 9.62. The molecule has 1 fully saturated rings. The highest BCUT2D eigenvalue weighted by atomic mass is 16.3. The Morgan fingerprint density at radius 3 is 2.47 bits per heavy atom. The fourth-order valence-corrected chi connectivity index (χ4v) is 2.03. The molecule has 0 radical (unpaired) electrons. The van der Waals surface area contributed by atoms with Gasteiger partial charge in [-0.2, -0.15) is 0 Å². The standard InChI is InChI=1S/C12H17NO2/c14-11-7-6-10(12(11)15)13-8-9-4-2-1-3-5-9/h1-5,10-15H,6-8H2/t10-,11-,12+/m1/s1. The molecule has 0 heterocycles. The quantitative estimate of drug-likeness (QED) is 0.682. The third kappa shape index (κ3) is 2.56. The van der Waals surface area contributed by atoms with E-state index in [4.69, 9.17) is 0 Å². The molecule has 0 aromatic heterocycles. The molecule has 0 amide bonds. The number of rotatable bonds is 3. The van der Waals surface area contributed by atoms with E-state index in [9.17, 15) is 10.2 Å². The van der Waals surface area contributed by atoms with E-state index in [0.29, 0.717) is 6.42 Å². The molecule has 82 valence electrons. The molecule has 1 aromatic carbocycles. The van der Waals surface area contributed by atoms with Crippen molar-refractivity contribution in [1.82, 2.24) is 5.32 Å². The maximum Gasteiger partial charge on any atom is 0.0951 e. The van der Waals surface area contributed by atoms with Crippen LogP contribution in [0.25, 0.3) is 0 Å². The van der Waals surface area contributed by atoms with E-state index >= 15 is 0 Å². The van der Waals surface area contributed by atoms with Gasteiger partial charge in [0.15, 0.2) is 0 Å². The summed E-state index contributed by atoms with van der Waals surface area (Å²) in [6, 6.07) is 10.1. The van der Waals surface area contributed by atoms with Crippen LogP contribution in [0.2, 0.25) is 0 Å². The minimum atomic E-state index is -0.617. The zero-order valence-electron chi connectivity index (χ0n) is 8.63. The summed E-state index contributed by atoms with van der Waals surface area (Å²) in [6.45, 7) is 0.745. The zero-order chi connectivity index (χ0) is 10.7. The van der Waals surface area contributed by atoms with Crippen molar-refractivity contribution in [2.24, 2.45) is 0 Å². The highest BCUT2D eigenvalue weighted by Gasteiger charge is 2.32. The Kier molecular flexibility index (Phi) is 3.36. The van der Waals surface area contributed by atoms with Crippen LogP contribution in [0.1, 0.15) is 18.4 Å². The topological polar surface area (TPSA) is 52.5 Å². The van der Waals surface area contributed by atoms with Crippen molar-refractivity contribution in [2.75, 3.05) is 0 Å². The van der Waals surface area contributed by atoms with Crippen LogP contribution < -0.4 is 5.32 Å². The Morgan fingerprint density at radius 2 is 1.87 bits per heavy atom. The summed E-state index contributed by atoms with van der Waals surface area (Å²) in [5, 5.41) is 22.3. The minimum absolute atomic E-state index is 0.0280. The Hall–Kier alpha value is -0.900. The molecule has 3 heteroatoms. The van der Waals surface area contributed by atoms with Crippen LogP contribution in [-0.4, -0.2) is 28.5 Å². The predicted molar refractivity (Wildman–Crippen MR) is 58.3 cm³/mol. The van der Waals surface area contributed by atoms with Crippen molar-refractivity contribution in [3.05, 3.63) is 35.9 Å². The van der Waals surface area contributed by atoms with Gasteiger partial charge in [-0.3, -0.25) is 0 Å². The number of nitrogens with one attached hydrogen (secondary N) is 1. The molecule has 15 heavy (non-hydrogen) atoms. The molecule has 1 aliphatic carbocycles. The number of hydrogen-bond donors (Lipinski definition) is 3. The fourth-order valence-electron chi connectivity index (χ4n) is 2.03. The van der Waals surface area contributed by atoms with Crippen LogP contribution in [0.5, 0.6) is 0 Å². The van der Waals surface area contributed by atoms with E-state index in [0.717, 1.165) is 13.0 Å². The summed E-state index contributed by atoms with van der Waals surface area (Å²) >= 11 is 0. The molecule has 1 saturated carbocycles. The number of aliphatic hydroxyl groups excluding tert-OH is 2. The summed E-state index contributed by atoms with van der Waals surface area (Å²) in [6.07, 6.45) is 0.356. The normalized spacial score (nSPS) is 30.7. The monoisotopic (exact) mass is 207 g/mol. The molecule has 0 aliphatic heterocycles. The summed E-state index contributed by atoms with van der Waals surface area (Å²) in [5.41, 5.74) is 1.20. The first-order valence-corrected chi connectivity index (χ1v) is 5.41. The SMILES string of the molecule is O[C@@H]1[C@H](O)CC[C@H]1NCc1ccccc1. The number of hydrogen-bond acceptors (Lipinski definition) is 3. The third-order valence-corrected chi connectivity index (χ3v) is 2.99. The van der Waals surface area contributed by atoms with E-state index in [2.05, 4.69) is 5.32 Å². The third-order valence-electron chi connectivity index (χ3n) is 2.99. The molecule has 0 bridgehead atoms. The van der Waals surface area contributed by atoms with Gasteiger partial charge in [0.25, 0.3) is 0 Å². The van der Waals surface area contributed by atoms with Gasteiger partial charge in [-0.15, -0.1) is 0 Å². The second-order valence-corrected chi connectivity index (χ2v) is 4.11. The van der Waals surface area contributed by atoms with Gasteiger partial charge in [0.2, 0.25) is 0 Å². The Bertz CT molecular complexity index is 302. The molecule has 3 nitrogen and oxygen atoms in total. The van der Waals surface area contributed by atoms with E-state index < -0.39 is 12.2 Å². The molecule has 2 rings (SSSR count). The average Bonchev–Trinajstić information content (AvgIpc) is 2.59. The van der Waals surface area contributed by atoms with Gasteiger partial charge < -0.3 is 15.5 Å².